The van der Waals surface area contributed by atoms with Crippen molar-refractivity contribution in [2.75, 3.05) is 0 Å². The van der Waals surface area contributed by atoms with E-state index in [1.54, 1.807) is 19.9 Å². The molecule has 8 unspecified atom stereocenters. The fourth-order valence-electron chi connectivity index (χ4n) is 5.58. The minimum absolute atomic E-state index is 0.0424. The lowest BCUT2D eigenvalue weighted by atomic mass is 9.66. The van der Waals surface area contributed by atoms with Crippen LogP contribution in [-0.4, -0.2) is 47.4 Å². The molecule has 160 valence electrons. The summed E-state index contributed by atoms with van der Waals surface area (Å²) in [5, 5.41) is 11.1. The highest BCUT2D eigenvalue weighted by Gasteiger charge is 2.66. The molecule has 0 radical (unpaired) electrons. The Balaban J connectivity index is 2.10. The molecule has 0 spiro atoms. The third kappa shape index (κ3) is 3.39. The smallest absolute Gasteiger partial charge is 0.334 e. The molecule has 3 rings (SSSR count). The van der Waals surface area contributed by atoms with Crippen molar-refractivity contribution in [3.8, 4) is 0 Å². The first kappa shape index (κ1) is 21.6. The molecule has 0 aromatic carbocycles. The van der Waals surface area contributed by atoms with Gasteiger partial charge in [0.25, 0.3) is 0 Å². The Morgan fingerprint density at radius 2 is 1.93 bits per heavy atom. The SMILES string of the molecule is C=C1C(=O)OC2CC(C)C3C(OC(C)=O)CC(O)C3(C)C(OC(=O)C(C)=CC)C12. The summed E-state index contributed by atoms with van der Waals surface area (Å²) < 4.78 is 17.1. The van der Waals surface area contributed by atoms with Crippen LogP contribution >= 0.6 is 0 Å². The zero-order valence-electron chi connectivity index (χ0n) is 17.6. The molecule has 1 saturated heterocycles. The van der Waals surface area contributed by atoms with Gasteiger partial charge in [0.05, 0.1) is 12.0 Å². The molecule has 0 bridgehead atoms. The van der Waals surface area contributed by atoms with Crippen LogP contribution in [0.4, 0.5) is 0 Å². The van der Waals surface area contributed by atoms with Gasteiger partial charge >= 0.3 is 17.9 Å². The van der Waals surface area contributed by atoms with Crippen LogP contribution in [0.3, 0.4) is 0 Å². The number of fused-ring (bicyclic) bond motifs is 2. The van der Waals surface area contributed by atoms with Crippen molar-refractivity contribution in [1.82, 2.24) is 0 Å². The van der Waals surface area contributed by atoms with E-state index in [0.717, 1.165) is 0 Å². The maximum atomic E-state index is 12.7. The third-order valence-corrected chi connectivity index (χ3v) is 7.08. The molecule has 1 heterocycles. The van der Waals surface area contributed by atoms with E-state index in [1.165, 1.54) is 6.92 Å². The molecule has 0 amide bonds. The fraction of sp³-hybridized carbons (Fsp3) is 0.682. The molecule has 2 aliphatic carbocycles. The summed E-state index contributed by atoms with van der Waals surface area (Å²) in [7, 11) is 0. The highest BCUT2D eigenvalue weighted by atomic mass is 16.6. The van der Waals surface area contributed by atoms with Crippen molar-refractivity contribution in [2.45, 2.75) is 71.9 Å². The van der Waals surface area contributed by atoms with Gasteiger partial charge in [-0.1, -0.05) is 26.5 Å². The number of allylic oxidation sites excluding steroid dienone is 1. The number of carbonyl (C=O) groups is 3. The highest BCUT2D eigenvalue weighted by molar-refractivity contribution is 5.91. The molecule has 3 aliphatic rings. The minimum Gasteiger partial charge on any atom is -0.462 e. The Hall–Kier alpha value is -2.15. The summed E-state index contributed by atoms with van der Waals surface area (Å²) in [5.74, 6) is -2.29. The van der Waals surface area contributed by atoms with Gasteiger partial charge in [-0.15, -0.1) is 0 Å². The number of carbonyl (C=O) groups excluding carboxylic acids is 3. The average Bonchev–Trinajstić information content (AvgIpc) is 3.01. The van der Waals surface area contributed by atoms with E-state index in [-0.39, 0.29) is 23.8 Å². The molecule has 1 N–H and O–H groups in total. The summed E-state index contributed by atoms with van der Waals surface area (Å²) in [6.07, 6.45) is -0.311. The molecular weight excluding hydrogens is 376 g/mol. The number of ether oxygens (including phenoxy) is 3. The molecule has 8 atom stereocenters. The van der Waals surface area contributed by atoms with Crippen molar-refractivity contribution in [3.05, 3.63) is 23.8 Å². The second-order valence-electron chi connectivity index (χ2n) is 8.80. The summed E-state index contributed by atoms with van der Waals surface area (Å²) in [6.45, 7) is 12.5. The molecule has 7 heteroatoms. The minimum atomic E-state index is -0.931. The highest BCUT2D eigenvalue weighted by Crippen LogP contribution is 2.58. The zero-order valence-corrected chi connectivity index (χ0v) is 17.6. The Morgan fingerprint density at radius 3 is 2.52 bits per heavy atom. The van der Waals surface area contributed by atoms with Gasteiger partial charge in [0.15, 0.2) is 0 Å². The summed E-state index contributed by atoms with van der Waals surface area (Å²) in [5.41, 5.74) is -0.249. The maximum Gasteiger partial charge on any atom is 0.334 e. The van der Waals surface area contributed by atoms with E-state index >= 15 is 0 Å². The van der Waals surface area contributed by atoms with Gasteiger partial charge in [0.1, 0.15) is 18.3 Å². The number of esters is 3. The number of hydrogen-bond donors (Lipinski definition) is 1. The Labute approximate surface area is 171 Å². The number of rotatable bonds is 3. The van der Waals surface area contributed by atoms with Crippen molar-refractivity contribution in [2.24, 2.45) is 23.2 Å². The van der Waals surface area contributed by atoms with Gasteiger partial charge in [-0.3, -0.25) is 4.79 Å². The van der Waals surface area contributed by atoms with E-state index < -0.39 is 53.7 Å². The van der Waals surface area contributed by atoms with E-state index in [0.29, 0.717) is 12.0 Å². The number of hydrogen-bond acceptors (Lipinski definition) is 7. The van der Waals surface area contributed by atoms with Crippen LogP contribution in [0.2, 0.25) is 0 Å². The topological polar surface area (TPSA) is 99.1 Å². The predicted octanol–water partition coefficient (Wildman–Crippen LogP) is 2.32. The molecule has 29 heavy (non-hydrogen) atoms. The molecular formula is C22H30O7. The maximum absolute atomic E-state index is 12.7. The van der Waals surface area contributed by atoms with Gasteiger partial charge in [-0.05, 0) is 26.2 Å². The van der Waals surface area contributed by atoms with E-state index in [4.69, 9.17) is 14.2 Å². The van der Waals surface area contributed by atoms with Crippen LogP contribution in [-0.2, 0) is 28.6 Å². The van der Waals surface area contributed by atoms with Crippen LogP contribution < -0.4 is 0 Å². The fourth-order valence-corrected chi connectivity index (χ4v) is 5.58. The van der Waals surface area contributed by atoms with E-state index in [2.05, 4.69) is 6.58 Å². The Bertz CT molecular complexity index is 769. The van der Waals surface area contributed by atoms with E-state index in [1.807, 2.05) is 13.8 Å². The van der Waals surface area contributed by atoms with Crippen molar-refractivity contribution in [1.29, 1.82) is 0 Å². The first-order valence-electron chi connectivity index (χ1n) is 10.1. The van der Waals surface area contributed by atoms with Gasteiger partial charge in [-0.2, -0.15) is 0 Å². The normalized spacial score (nSPS) is 41.9. The first-order valence-corrected chi connectivity index (χ1v) is 10.1. The quantitative estimate of drug-likeness (QED) is 0.436. The van der Waals surface area contributed by atoms with Gasteiger partial charge in [-0.25, -0.2) is 9.59 Å². The first-order chi connectivity index (χ1) is 13.5. The van der Waals surface area contributed by atoms with Crippen LogP contribution in [0.15, 0.2) is 23.8 Å². The third-order valence-electron chi connectivity index (χ3n) is 7.08. The van der Waals surface area contributed by atoms with Crippen molar-refractivity contribution >= 4 is 17.9 Å². The molecule has 0 aromatic rings. The average molecular weight is 406 g/mol. The molecule has 2 saturated carbocycles. The molecule has 3 fully saturated rings. The lowest BCUT2D eigenvalue weighted by Crippen LogP contribution is -2.51. The molecule has 7 nitrogen and oxygen atoms in total. The lowest BCUT2D eigenvalue weighted by molar-refractivity contribution is -0.169. The standard InChI is InChI=1S/C22H30O7/c1-7-10(2)20(25)29-19-17-12(4)21(26)28-14(17)8-11(3)18-15(27-13(5)23)9-16(24)22(18,19)6/h7,11,14-19,24H,4,8-9H2,1-3,5-6H3. The van der Waals surface area contributed by atoms with Gasteiger partial charge in [0, 0.05) is 35.8 Å². The predicted molar refractivity (Wildman–Crippen MR) is 103 cm³/mol. The summed E-state index contributed by atoms with van der Waals surface area (Å²) in [4.78, 5) is 36.6. The van der Waals surface area contributed by atoms with Crippen molar-refractivity contribution in [3.63, 3.8) is 0 Å². The van der Waals surface area contributed by atoms with E-state index in [9.17, 15) is 19.5 Å². The molecule has 0 aromatic heterocycles. The molecule has 1 aliphatic heterocycles. The number of aliphatic hydroxyl groups excluding tert-OH is 1. The van der Waals surface area contributed by atoms with Gasteiger partial charge < -0.3 is 19.3 Å². The Kier molecular flexibility index (Phi) is 5.64. The van der Waals surface area contributed by atoms with Crippen molar-refractivity contribution < 1.29 is 33.7 Å². The summed E-state index contributed by atoms with van der Waals surface area (Å²) in [6, 6.07) is 0. The second-order valence-corrected chi connectivity index (χ2v) is 8.80. The van der Waals surface area contributed by atoms with Crippen LogP contribution in [0.5, 0.6) is 0 Å². The van der Waals surface area contributed by atoms with Crippen LogP contribution in [0, 0.1) is 23.2 Å². The zero-order chi connectivity index (χ0) is 21.7. The van der Waals surface area contributed by atoms with Gasteiger partial charge in [0.2, 0.25) is 0 Å². The largest absolute Gasteiger partial charge is 0.462 e. The Morgan fingerprint density at radius 1 is 1.28 bits per heavy atom. The van der Waals surface area contributed by atoms with Crippen LogP contribution in [0.25, 0.3) is 0 Å². The monoisotopic (exact) mass is 406 g/mol. The summed E-state index contributed by atoms with van der Waals surface area (Å²) >= 11 is 0. The lowest BCUT2D eigenvalue weighted by Gasteiger charge is -2.43. The van der Waals surface area contributed by atoms with Crippen LogP contribution in [0.1, 0.15) is 47.5 Å². The second kappa shape index (κ2) is 7.59. The number of aliphatic hydroxyl groups is 1.